The summed E-state index contributed by atoms with van der Waals surface area (Å²) in [6.45, 7) is 10.1. The van der Waals surface area contributed by atoms with Crippen molar-refractivity contribution in [2.45, 2.75) is 61.7 Å². The number of likely N-dealkylation sites (tertiary alicyclic amines) is 1. The van der Waals surface area contributed by atoms with Crippen LogP contribution < -0.4 is 0 Å². The summed E-state index contributed by atoms with van der Waals surface area (Å²) in [5.41, 5.74) is 0.984. The molecule has 0 radical (unpaired) electrons. The van der Waals surface area contributed by atoms with Crippen LogP contribution in [0.15, 0.2) is 43.0 Å². The lowest BCUT2D eigenvalue weighted by Gasteiger charge is -2.38. The lowest BCUT2D eigenvalue weighted by atomic mass is 9.66. The zero-order valence-corrected chi connectivity index (χ0v) is 20.9. The highest BCUT2D eigenvalue weighted by atomic mass is 32.2. The van der Waals surface area contributed by atoms with Gasteiger partial charge in [-0.25, -0.2) is 0 Å². The smallest absolute Gasteiger partial charge is 0.311 e. The van der Waals surface area contributed by atoms with Crippen LogP contribution in [0, 0.1) is 11.8 Å². The minimum Gasteiger partial charge on any atom is -0.466 e. The van der Waals surface area contributed by atoms with Gasteiger partial charge in [-0.2, -0.15) is 0 Å². The highest BCUT2D eigenvalue weighted by Crippen LogP contribution is 2.71. The van der Waals surface area contributed by atoms with Crippen molar-refractivity contribution in [1.29, 1.82) is 0 Å². The molecule has 2 bridgehead atoms. The number of carbonyl (C=O) groups is 3. The number of thioether (sulfide) groups is 1. The number of benzene rings is 1. The van der Waals surface area contributed by atoms with Crippen LogP contribution in [0.25, 0.3) is 0 Å². The number of ether oxygens (including phenoxy) is 1. The van der Waals surface area contributed by atoms with E-state index in [1.54, 1.807) is 41.5 Å². The fraction of sp³-hybridized carbons (Fsp3) is 0.577. The Morgan fingerprint density at radius 3 is 2.68 bits per heavy atom. The Labute approximate surface area is 205 Å². The molecule has 3 aliphatic heterocycles. The van der Waals surface area contributed by atoms with Crippen LogP contribution >= 0.6 is 11.8 Å². The van der Waals surface area contributed by atoms with Crippen molar-refractivity contribution in [3.8, 4) is 0 Å². The first-order valence-electron chi connectivity index (χ1n) is 12.0. The molecule has 34 heavy (non-hydrogen) atoms. The number of esters is 1. The van der Waals surface area contributed by atoms with Gasteiger partial charge in [-0.1, -0.05) is 36.4 Å². The second-order valence-corrected chi connectivity index (χ2v) is 11.6. The van der Waals surface area contributed by atoms with E-state index in [4.69, 9.17) is 4.74 Å². The molecule has 0 saturated carbocycles. The topological polar surface area (TPSA) is 87.2 Å². The molecule has 3 heterocycles. The Bertz CT molecular complexity index is 971. The average molecular weight is 487 g/mol. The molecule has 8 heteroatoms. The van der Waals surface area contributed by atoms with Gasteiger partial charge in [0, 0.05) is 17.8 Å². The van der Waals surface area contributed by atoms with Crippen molar-refractivity contribution in [2.75, 3.05) is 19.8 Å². The van der Waals surface area contributed by atoms with Crippen LogP contribution in [0.3, 0.4) is 0 Å². The summed E-state index contributed by atoms with van der Waals surface area (Å²) in [5.74, 6) is -2.00. The number of hydrogen-bond acceptors (Lipinski definition) is 6. The van der Waals surface area contributed by atoms with E-state index in [0.29, 0.717) is 19.5 Å². The molecule has 0 aliphatic carbocycles. The zero-order valence-electron chi connectivity index (χ0n) is 20.1. The number of amides is 2. The van der Waals surface area contributed by atoms with Gasteiger partial charge < -0.3 is 19.6 Å². The molecule has 3 saturated heterocycles. The van der Waals surface area contributed by atoms with Crippen molar-refractivity contribution in [1.82, 2.24) is 9.80 Å². The predicted molar refractivity (Wildman–Crippen MR) is 131 cm³/mol. The lowest BCUT2D eigenvalue weighted by Crippen LogP contribution is -2.56. The molecule has 1 spiro atoms. The summed E-state index contributed by atoms with van der Waals surface area (Å²) in [4.78, 5) is 44.5. The quantitative estimate of drug-likeness (QED) is 0.427. The van der Waals surface area contributed by atoms with Gasteiger partial charge in [0.05, 0.1) is 35.8 Å². The largest absolute Gasteiger partial charge is 0.466 e. The van der Waals surface area contributed by atoms with Gasteiger partial charge in [0.2, 0.25) is 11.8 Å². The molecule has 3 fully saturated rings. The SMILES string of the molecule is C=CCN(Cc1ccccc1)C(=O)C1N([C@H](C)CO)C(=O)[C@@H]2[C@@H](C(=O)OCC)[C@@]3(C)CCC12S3. The summed E-state index contributed by atoms with van der Waals surface area (Å²) in [5, 5.41) is 10.00. The number of rotatable bonds is 9. The molecule has 6 atom stereocenters. The second-order valence-electron chi connectivity index (χ2n) is 9.75. The highest BCUT2D eigenvalue weighted by molar-refractivity contribution is 8.02. The summed E-state index contributed by atoms with van der Waals surface area (Å²) >= 11 is 1.61. The predicted octanol–water partition coefficient (Wildman–Crippen LogP) is 2.63. The van der Waals surface area contributed by atoms with Gasteiger partial charge >= 0.3 is 5.97 Å². The molecule has 3 aliphatic rings. The van der Waals surface area contributed by atoms with Gasteiger partial charge in [-0.3, -0.25) is 14.4 Å². The Morgan fingerprint density at radius 1 is 1.35 bits per heavy atom. The highest BCUT2D eigenvalue weighted by Gasteiger charge is 2.78. The maximum atomic E-state index is 14.2. The number of hydrogen-bond donors (Lipinski definition) is 1. The fourth-order valence-corrected chi connectivity index (χ4v) is 8.49. The molecular weight excluding hydrogens is 452 g/mol. The third-order valence-corrected chi connectivity index (χ3v) is 9.59. The summed E-state index contributed by atoms with van der Waals surface area (Å²) < 4.78 is 4.22. The number of aliphatic hydroxyl groups is 1. The van der Waals surface area contributed by atoms with Crippen molar-refractivity contribution in [3.05, 3.63) is 48.6 Å². The van der Waals surface area contributed by atoms with Crippen LogP contribution in [0.5, 0.6) is 0 Å². The molecule has 7 nitrogen and oxygen atoms in total. The van der Waals surface area contributed by atoms with E-state index in [1.165, 1.54) is 0 Å². The first kappa shape index (κ1) is 24.8. The second kappa shape index (κ2) is 9.38. The van der Waals surface area contributed by atoms with Gasteiger partial charge in [0.25, 0.3) is 0 Å². The zero-order chi connectivity index (χ0) is 24.7. The van der Waals surface area contributed by atoms with Gasteiger partial charge in [-0.05, 0) is 39.2 Å². The molecule has 184 valence electrons. The van der Waals surface area contributed by atoms with E-state index >= 15 is 0 Å². The van der Waals surface area contributed by atoms with E-state index in [1.807, 2.05) is 37.3 Å². The molecule has 1 aromatic rings. The van der Waals surface area contributed by atoms with Crippen molar-refractivity contribution in [2.24, 2.45) is 11.8 Å². The van der Waals surface area contributed by atoms with E-state index in [9.17, 15) is 19.5 Å². The fourth-order valence-electron chi connectivity index (χ4n) is 6.16. The monoisotopic (exact) mass is 486 g/mol. The Hall–Kier alpha value is -2.32. The first-order chi connectivity index (χ1) is 16.2. The molecule has 0 aromatic heterocycles. The Balaban J connectivity index is 1.76. The third kappa shape index (κ3) is 3.75. The maximum absolute atomic E-state index is 14.2. The molecule has 2 unspecified atom stereocenters. The van der Waals surface area contributed by atoms with E-state index in [-0.39, 0.29) is 31.0 Å². The van der Waals surface area contributed by atoms with Crippen molar-refractivity contribution < 1.29 is 24.2 Å². The minimum atomic E-state index is -0.762. The van der Waals surface area contributed by atoms with Crippen LogP contribution in [0.2, 0.25) is 0 Å². The summed E-state index contributed by atoms with van der Waals surface area (Å²) in [6.07, 6.45) is 3.09. The van der Waals surface area contributed by atoms with Crippen molar-refractivity contribution in [3.63, 3.8) is 0 Å². The van der Waals surface area contributed by atoms with Crippen LogP contribution in [0.1, 0.15) is 39.2 Å². The normalized spacial score (nSPS) is 32.4. The van der Waals surface area contributed by atoms with Crippen LogP contribution in [-0.4, -0.2) is 74.0 Å². The molecular formula is C26H34N2O5S. The number of fused-ring (bicyclic) bond motifs is 1. The van der Waals surface area contributed by atoms with Crippen molar-refractivity contribution >= 4 is 29.5 Å². The lowest BCUT2D eigenvalue weighted by molar-refractivity contribution is -0.155. The molecule has 1 aromatic carbocycles. The van der Waals surface area contributed by atoms with Crippen LogP contribution in [-0.2, 0) is 25.7 Å². The third-order valence-electron chi connectivity index (χ3n) is 7.61. The number of nitrogens with zero attached hydrogens (tertiary/aromatic N) is 2. The summed E-state index contributed by atoms with van der Waals surface area (Å²) in [6, 6.07) is 8.41. The van der Waals surface area contributed by atoms with Gasteiger partial charge in [0.1, 0.15) is 6.04 Å². The molecule has 1 N–H and O–H groups in total. The van der Waals surface area contributed by atoms with E-state index < -0.39 is 33.4 Å². The first-order valence-corrected chi connectivity index (χ1v) is 12.8. The Morgan fingerprint density at radius 2 is 2.06 bits per heavy atom. The van der Waals surface area contributed by atoms with Gasteiger partial charge in [0.15, 0.2) is 0 Å². The number of aliphatic hydroxyl groups excluding tert-OH is 1. The number of carbonyl (C=O) groups excluding carboxylic acids is 3. The summed E-state index contributed by atoms with van der Waals surface area (Å²) in [7, 11) is 0. The average Bonchev–Trinajstić information content (AvgIpc) is 3.39. The van der Waals surface area contributed by atoms with E-state index in [0.717, 1.165) is 12.0 Å². The van der Waals surface area contributed by atoms with Crippen LogP contribution in [0.4, 0.5) is 0 Å². The Kier molecular flexibility index (Phi) is 6.84. The van der Waals surface area contributed by atoms with E-state index in [2.05, 4.69) is 6.58 Å². The van der Waals surface area contributed by atoms with Gasteiger partial charge in [-0.15, -0.1) is 18.3 Å². The minimum absolute atomic E-state index is 0.166. The maximum Gasteiger partial charge on any atom is 0.311 e. The molecule has 2 amide bonds. The standard InChI is InChI=1S/C26H34N2O5S/c1-5-14-27(15-18-10-8-7-9-11-18)23(31)21-26-13-12-25(4,34-26)20(24(32)33-6-2)19(26)22(30)28(21)17(3)16-29/h5,7-11,17,19-21,29H,1,6,12-16H2,2-4H3/t17-,19+,20+,21?,25-,26?/m1/s1. The molecule has 4 rings (SSSR count).